The van der Waals surface area contributed by atoms with Crippen LogP contribution in [-0.4, -0.2) is 46.2 Å². The van der Waals surface area contributed by atoms with Gasteiger partial charge < -0.3 is 9.64 Å². The van der Waals surface area contributed by atoms with Gasteiger partial charge in [-0.15, -0.1) is 0 Å². The molecule has 1 unspecified atom stereocenters. The Balaban J connectivity index is 1.73. The number of piperidine rings is 1. The molecule has 0 spiro atoms. The normalized spacial score (nSPS) is 17.7. The van der Waals surface area contributed by atoms with Crippen molar-refractivity contribution >= 4 is 22.6 Å². The number of amides is 1. The first kappa shape index (κ1) is 16.2. The van der Waals surface area contributed by atoms with Gasteiger partial charge >= 0.3 is 5.97 Å². The molecule has 1 amide bonds. The van der Waals surface area contributed by atoms with Crippen molar-refractivity contribution in [2.24, 2.45) is 0 Å². The van der Waals surface area contributed by atoms with Crippen LogP contribution in [0, 0.1) is 0 Å². The zero-order chi connectivity index (χ0) is 17.1. The van der Waals surface area contributed by atoms with Crippen LogP contribution < -0.4 is 5.56 Å². The lowest BCUT2D eigenvalue weighted by Gasteiger charge is -2.33. The molecule has 1 atom stereocenters. The number of ether oxygens (including phenoxy) is 1. The quantitative estimate of drug-likeness (QED) is 0.861. The Hall–Kier alpha value is -2.70. The molecular formula is C17H19N3O4. The SMILES string of the molecule is CC1CCCCN1C(=O)COC(=O)c1n[nH]c(=O)c2ccccc12. The summed E-state index contributed by atoms with van der Waals surface area (Å²) in [6, 6.07) is 6.81. The molecule has 0 bridgehead atoms. The van der Waals surface area contributed by atoms with Crippen LogP contribution >= 0.6 is 0 Å². The minimum absolute atomic E-state index is 0.00435. The maximum atomic E-state index is 12.3. The molecule has 1 aliphatic rings. The first-order valence-corrected chi connectivity index (χ1v) is 8.02. The van der Waals surface area contributed by atoms with Gasteiger partial charge in [0.25, 0.3) is 11.5 Å². The molecule has 1 saturated heterocycles. The molecule has 7 heteroatoms. The lowest BCUT2D eigenvalue weighted by molar-refractivity contribution is -0.137. The van der Waals surface area contributed by atoms with Gasteiger partial charge in [-0.05, 0) is 32.3 Å². The second-order valence-corrected chi connectivity index (χ2v) is 5.95. The Morgan fingerprint density at radius 2 is 2.04 bits per heavy atom. The van der Waals surface area contributed by atoms with Crippen LogP contribution in [0.2, 0.25) is 0 Å². The van der Waals surface area contributed by atoms with Crippen LogP contribution in [0.15, 0.2) is 29.1 Å². The predicted octanol–water partition coefficient (Wildman–Crippen LogP) is 1.48. The Bertz CT molecular complexity index is 830. The first-order chi connectivity index (χ1) is 11.6. The highest BCUT2D eigenvalue weighted by Gasteiger charge is 2.24. The van der Waals surface area contributed by atoms with Crippen molar-refractivity contribution in [2.75, 3.05) is 13.2 Å². The third-order valence-electron chi connectivity index (χ3n) is 4.34. The zero-order valence-electron chi connectivity index (χ0n) is 13.4. The summed E-state index contributed by atoms with van der Waals surface area (Å²) in [7, 11) is 0. The van der Waals surface area contributed by atoms with Crippen molar-refractivity contribution in [1.82, 2.24) is 15.1 Å². The summed E-state index contributed by atoms with van der Waals surface area (Å²) in [6.45, 7) is 2.37. The van der Waals surface area contributed by atoms with Crippen molar-refractivity contribution in [3.05, 3.63) is 40.3 Å². The number of rotatable bonds is 3. The summed E-state index contributed by atoms with van der Waals surface area (Å²) in [5, 5.41) is 6.82. The Morgan fingerprint density at radius 3 is 2.79 bits per heavy atom. The highest BCUT2D eigenvalue weighted by atomic mass is 16.5. The number of nitrogens with one attached hydrogen (secondary N) is 1. The first-order valence-electron chi connectivity index (χ1n) is 8.02. The molecule has 1 N–H and O–H groups in total. The van der Waals surface area contributed by atoms with Gasteiger partial charge in [-0.3, -0.25) is 9.59 Å². The number of fused-ring (bicyclic) bond motifs is 1. The molecule has 7 nitrogen and oxygen atoms in total. The van der Waals surface area contributed by atoms with Crippen LogP contribution in [0.25, 0.3) is 10.8 Å². The molecular weight excluding hydrogens is 310 g/mol. The summed E-state index contributed by atoms with van der Waals surface area (Å²) in [4.78, 5) is 38.0. The third-order valence-corrected chi connectivity index (χ3v) is 4.34. The summed E-state index contributed by atoms with van der Waals surface area (Å²) >= 11 is 0. The van der Waals surface area contributed by atoms with Crippen molar-refractivity contribution < 1.29 is 14.3 Å². The molecule has 24 heavy (non-hydrogen) atoms. The molecule has 1 aromatic carbocycles. The highest BCUT2D eigenvalue weighted by molar-refractivity contribution is 6.02. The average molecular weight is 329 g/mol. The number of benzene rings is 1. The number of hydrogen-bond acceptors (Lipinski definition) is 5. The Labute approximate surface area is 138 Å². The van der Waals surface area contributed by atoms with Crippen molar-refractivity contribution in [3.63, 3.8) is 0 Å². The number of aromatic nitrogens is 2. The maximum Gasteiger partial charge on any atom is 0.359 e. The number of H-pyrrole nitrogens is 1. The second-order valence-electron chi connectivity index (χ2n) is 5.95. The molecule has 1 aliphatic heterocycles. The summed E-state index contributed by atoms with van der Waals surface area (Å²) in [6.07, 6.45) is 3.04. The van der Waals surface area contributed by atoms with Gasteiger partial charge in [-0.2, -0.15) is 5.10 Å². The molecule has 1 aromatic heterocycles. The van der Waals surface area contributed by atoms with E-state index in [2.05, 4.69) is 10.2 Å². The second kappa shape index (κ2) is 6.82. The van der Waals surface area contributed by atoms with Crippen LogP contribution in [0.5, 0.6) is 0 Å². The van der Waals surface area contributed by atoms with E-state index in [1.54, 1.807) is 29.2 Å². The van der Waals surface area contributed by atoms with Crippen LogP contribution in [0.1, 0.15) is 36.7 Å². The fourth-order valence-corrected chi connectivity index (χ4v) is 3.02. The number of hydrogen-bond donors (Lipinski definition) is 1. The maximum absolute atomic E-state index is 12.3. The van der Waals surface area contributed by atoms with Crippen molar-refractivity contribution in [2.45, 2.75) is 32.2 Å². The van der Waals surface area contributed by atoms with E-state index in [4.69, 9.17) is 4.74 Å². The van der Waals surface area contributed by atoms with E-state index in [1.165, 1.54) is 0 Å². The average Bonchev–Trinajstić information content (AvgIpc) is 2.60. The molecule has 126 valence electrons. The third kappa shape index (κ3) is 3.15. The summed E-state index contributed by atoms with van der Waals surface area (Å²) < 4.78 is 5.12. The van der Waals surface area contributed by atoms with Crippen molar-refractivity contribution in [3.8, 4) is 0 Å². The number of aromatic amines is 1. The molecule has 0 saturated carbocycles. The molecule has 3 rings (SSSR count). The number of esters is 1. The van der Waals surface area contributed by atoms with Gasteiger partial charge in [-0.25, -0.2) is 9.89 Å². The lowest BCUT2D eigenvalue weighted by Crippen LogP contribution is -2.44. The van der Waals surface area contributed by atoms with E-state index in [0.717, 1.165) is 19.3 Å². The molecule has 1 fully saturated rings. The van der Waals surface area contributed by atoms with Crippen molar-refractivity contribution in [1.29, 1.82) is 0 Å². The number of likely N-dealkylation sites (tertiary alicyclic amines) is 1. The Morgan fingerprint density at radius 1 is 1.29 bits per heavy atom. The van der Waals surface area contributed by atoms with Crippen LogP contribution in [0.3, 0.4) is 0 Å². The zero-order valence-corrected chi connectivity index (χ0v) is 13.4. The van der Waals surface area contributed by atoms with Gasteiger partial charge in [-0.1, -0.05) is 18.2 Å². The summed E-state index contributed by atoms with van der Waals surface area (Å²) in [5.74, 6) is -0.926. The summed E-state index contributed by atoms with van der Waals surface area (Å²) in [5.41, 5.74) is -0.370. The standard InChI is InChI=1S/C17H19N3O4/c1-11-6-4-5-9-20(11)14(21)10-24-17(23)15-12-7-2-3-8-13(12)16(22)19-18-15/h2-3,7-8,11H,4-6,9-10H2,1H3,(H,19,22). The fourth-order valence-electron chi connectivity index (χ4n) is 3.02. The van der Waals surface area contributed by atoms with Gasteiger partial charge in [0.15, 0.2) is 12.3 Å². The minimum atomic E-state index is -0.722. The smallest absolute Gasteiger partial charge is 0.359 e. The largest absolute Gasteiger partial charge is 0.451 e. The van der Waals surface area contributed by atoms with Gasteiger partial charge in [0.1, 0.15) is 0 Å². The van der Waals surface area contributed by atoms with Crippen LogP contribution in [0.4, 0.5) is 0 Å². The lowest BCUT2D eigenvalue weighted by atomic mass is 10.0. The molecule has 0 aliphatic carbocycles. The Kier molecular flexibility index (Phi) is 4.59. The topological polar surface area (TPSA) is 92.4 Å². The van der Waals surface area contributed by atoms with E-state index in [-0.39, 0.29) is 29.8 Å². The van der Waals surface area contributed by atoms with Gasteiger partial charge in [0.05, 0.1) is 5.39 Å². The molecule has 0 radical (unpaired) electrons. The number of nitrogens with zero attached hydrogens (tertiary/aromatic N) is 2. The molecule has 2 heterocycles. The fraction of sp³-hybridized carbons (Fsp3) is 0.412. The molecule has 2 aromatic rings. The highest BCUT2D eigenvalue weighted by Crippen LogP contribution is 2.17. The number of carbonyl (C=O) groups is 2. The predicted molar refractivity (Wildman–Crippen MR) is 87.7 cm³/mol. The van der Waals surface area contributed by atoms with E-state index in [0.29, 0.717) is 17.3 Å². The van der Waals surface area contributed by atoms with E-state index >= 15 is 0 Å². The van der Waals surface area contributed by atoms with Gasteiger partial charge in [0.2, 0.25) is 0 Å². The van der Waals surface area contributed by atoms with E-state index in [1.807, 2.05) is 6.92 Å². The van der Waals surface area contributed by atoms with E-state index in [9.17, 15) is 14.4 Å². The van der Waals surface area contributed by atoms with Crippen LogP contribution in [-0.2, 0) is 9.53 Å². The van der Waals surface area contributed by atoms with E-state index < -0.39 is 5.97 Å². The minimum Gasteiger partial charge on any atom is -0.451 e. The van der Waals surface area contributed by atoms with Gasteiger partial charge in [0, 0.05) is 18.0 Å². The monoisotopic (exact) mass is 329 g/mol. The number of carbonyl (C=O) groups excluding carboxylic acids is 2.